The van der Waals surface area contributed by atoms with Crippen LogP contribution in [0.25, 0.3) is 0 Å². The highest BCUT2D eigenvalue weighted by Gasteiger charge is 2.46. The molecule has 1 fully saturated rings. The normalized spacial score (nSPS) is 19.5. The summed E-state index contributed by atoms with van der Waals surface area (Å²) < 4.78 is 4.69. The first-order valence-corrected chi connectivity index (χ1v) is 8.37. The number of halogens is 2. The number of carbonyl (C=O) groups is 3. The molecule has 0 saturated carbocycles. The van der Waals surface area contributed by atoms with E-state index in [4.69, 9.17) is 27.9 Å². The molecule has 2 amide bonds. The molecule has 0 bridgehead atoms. The molecule has 5 nitrogen and oxygen atoms in total. The standard InChI is InChI=1S/C14H13Cl2NO4S/c1-21-14(20)12(22-2)10-6-11(18)17(13(10)19)9-4-7(15)3-8(16)5-9/h3-5,10,12H,6H2,1-2H3. The fourth-order valence-electron chi connectivity index (χ4n) is 2.37. The number of carbonyl (C=O) groups excluding carboxylic acids is 3. The Morgan fingerprint density at radius 2 is 1.91 bits per heavy atom. The van der Waals surface area contributed by atoms with Gasteiger partial charge >= 0.3 is 5.97 Å². The molecule has 2 rings (SSSR count). The van der Waals surface area contributed by atoms with Gasteiger partial charge in [0.15, 0.2) is 0 Å². The minimum absolute atomic E-state index is 0.0520. The van der Waals surface area contributed by atoms with E-state index in [0.29, 0.717) is 15.7 Å². The monoisotopic (exact) mass is 361 g/mol. The SMILES string of the molecule is COC(=O)C(SC)C1CC(=O)N(c2cc(Cl)cc(Cl)c2)C1=O. The number of thioether (sulfide) groups is 1. The van der Waals surface area contributed by atoms with E-state index < -0.39 is 29.0 Å². The van der Waals surface area contributed by atoms with Gasteiger partial charge in [0.05, 0.1) is 18.7 Å². The van der Waals surface area contributed by atoms with Gasteiger partial charge < -0.3 is 4.74 Å². The van der Waals surface area contributed by atoms with Gasteiger partial charge in [-0.1, -0.05) is 23.2 Å². The zero-order valence-electron chi connectivity index (χ0n) is 11.8. The number of nitrogens with zero attached hydrogens (tertiary/aromatic N) is 1. The van der Waals surface area contributed by atoms with E-state index in [0.717, 1.165) is 4.90 Å². The predicted molar refractivity (Wildman–Crippen MR) is 86.4 cm³/mol. The third kappa shape index (κ3) is 3.24. The topological polar surface area (TPSA) is 63.7 Å². The van der Waals surface area contributed by atoms with Crippen LogP contribution in [0.3, 0.4) is 0 Å². The summed E-state index contributed by atoms with van der Waals surface area (Å²) in [5.74, 6) is -2.12. The molecule has 2 unspecified atom stereocenters. The first-order chi connectivity index (χ1) is 10.4. The van der Waals surface area contributed by atoms with E-state index >= 15 is 0 Å². The Bertz CT molecular complexity index is 617. The van der Waals surface area contributed by atoms with Crippen LogP contribution >= 0.6 is 35.0 Å². The number of hydrogen-bond acceptors (Lipinski definition) is 5. The first kappa shape index (κ1) is 17.1. The highest BCUT2D eigenvalue weighted by molar-refractivity contribution is 7.99. The van der Waals surface area contributed by atoms with Gasteiger partial charge in [-0.15, -0.1) is 11.8 Å². The molecule has 8 heteroatoms. The molecular formula is C14H13Cl2NO4S. The van der Waals surface area contributed by atoms with Crippen LogP contribution < -0.4 is 4.90 Å². The molecule has 118 valence electrons. The predicted octanol–water partition coefficient (Wildman–Crippen LogP) is 2.78. The Morgan fingerprint density at radius 1 is 1.32 bits per heavy atom. The fourth-order valence-corrected chi connectivity index (χ4v) is 3.72. The lowest BCUT2D eigenvalue weighted by atomic mass is 10.0. The molecule has 2 atom stereocenters. The number of benzene rings is 1. The van der Waals surface area contributed by atoms with Crippen molar-refractivity contribution in [3.63, 3.8) is 0 Å². The number of hydrogen-bond donors (Lipinski definition) is 0. The molecule has 1 aliphatic rings. The van der Waals surface area contributed by atoms with Crippen LogP contribution in [-0.2, 0) is 19.1 Å². The molecule has 0 N–H and O–H groups in total. The molecule has 1 aromatic rings. The van der Waals surface area contributed by atoms with Crippen LogP contribution in [0.5, 0.6) is 0 Å². The fraction of sp³-hybridized carbons (Fsp3) is 0.357. The van der Waals surface area contributed by atoms with Crippen molar-refractivity contribution in [3.05, 3.63) is 28.2 Å². The number of amides is 2. The molecule has 1 saturated heterocycles. The second-order valence-electron chi connectivity index (χ2n) is 4.69. The zero-order valence-corrected chi connectivity index (χ0v) is 14.2. The van der Waals surface area contributed by atoms with Crippen LogP contribution in [-0.4, -0.2) is 36.4 Å². The van der Waals surface area contributed by atoms with E-state index in [1.807, 2.05) is 0 Å². The Kier molecular flexibility index (Phi) is 5.36. The lowest BCUT2D eigenvalue weighted by Gasteiger charge is -2.19. The third-order valence-electron chi connectivity index (χ3n) is 3.34. The Balaban J connectivity index is 2.34. The van der Waals surface area contributed by atoms with Crippen LogP contribution in [0.1, 0.15) is 6.42 Å². The maximum atomic E-state index is 12.6. The molecule has 1 heterocycles. The van der Waals surface area contributed by atoms with Crippen molar-refractivity contribution in [2.75, 3.05) is 18.3 Å². The highest BCUT2D eigenvalue weighted by Crippen LogP contribution is 2.35. The summed E-state index contributed by atoms with van der Waals surface area (Å²) in [5.41, 5.74) is 0.305. The first-order valence-electron chi connectivity index (χ1n) is 6.32. The average molecular weight is 362 g/mol. The van der Waals surface area contributed by atoms with Gasteiger partial charge in [-0.05, 0) is 24.5 Å². The molecule has 1 aromatic carbocycles. The minimum Gasteiger partial charge on any atom is -0.468 e. The lowest BCUT2D eigenvalue weighted by Crippen LogP contribution is -2.36. The van der Waals surface area contributed by atoms with E-state index in [9.17, 15) is 14.4 Å². The van der Waals surface area contributed by atoms with Crippen molar-refractivity contribution in [1.82, 2.24) is 0 Å². The summed E-state index contributed by atoms with van der Waals surface area (Å²) in [6.07, 6.45) is 1.64. The maximum absolute atomic E-state index is 12.6. The van der Waals surface area contributed by atoms with Crippen LogP contribution in [0.2, 0.25) is 10.0 Å². The summed E-state index contributed by atoms with van der Waals surface area (Å²) in [5, 5.41) is -0.0806. The summed E-state index contributed by atoms with van der Waals surface area (Å²) >= 11 is 13.0. The zero-order chi connectivity index (χ0) is 16.4. The van der Waals surface area contributed by atoms with Crippen molar-refractivity contribution >= 4 is 58.4 Å². The van der Waals surface area contributed by atoms with Crippen molar-refractivity contribution in [2.24, 2.45) is 5.92 Å². The molecule has 0 radical (unpaired) electrons. The van der Waals surface area contributed by atoms with Crippen molar-refractivity contribution in [1.29, 1.82) is 0 Å². The Morgan fingerprint density at radius 3 is 2.41 bits per heavy atom. The molecule has 0 aromatic heterocycles. The summed E-state index contributed by atoms with van der Waals surface area (Å²) in [6.45, 7) is 0. The van der Waals surface area contributed by atoms with Gasteiger partial charge in [0.2, 0.25) is 11.8 Å². The van der Waals surface area contributed by atoms with Gasteiger partial charge in [-0.25, -0.2) is 0 Å². The van der Waals surface area contributed by atoms with Gasteiger partial charge in [-0.2, -0.15) is 0 Å². The molecule has 1 aliphatic heterocycles. The van der Waals surface area contributed by atoms with E-state index in [2.05, 4.69) is 0 Å². The molecular weight excluding hydrogens is 349 g/mol. The van der Waals surface area contributed by atoms with Crippen LogP contribution in [0.4, 0.5) is 5.69 Å². The van der Waals surface area contributed by atoms with Crippen molar-refractivity contribution in [3.8, 4) is 0 Å². The van der Waals surface area contributed by atoms with Gasteiger partial charge in [0.1, 0.15) is 5.25 Å². The summed E-state index contributed by atoms with van der Waals surface area (Å²) in [4.78, 5) is 37.6. The maximum Gasteiger partial charge on any atom is 0.319 e. The number of esters is 1. The summed E-state index contributed by atoms with van der Waals surface area (Å²) in [7, 11) is 1.25. The quantitative estimate of drug-likeness (QED) is 0.609. The number of methoxy groups -OCH3 is 1. The second-order valence-corrected chi connectivity index (χ2v) is 6.54. The Hall–Kier alpha value is -1.24. The minimum atomic E-state index is -0.757. The smallest absolute Gasteiger partial charge is 0.319 e. The summed E-state index contributed by atoms with van der Waals surface area (Å²) in [6, 6.07) is 4.48. The molecule has 0 aliphatic carbocycles. The largest absolute Gasteiger partial charge is 0.468 e. The van der Waals surface area contributed by atoms with Gasteiger partial charge in [0, 0.05) is 16.5 Å². The number of anilines is 1. The number of ether oxygens (including phenoxy) is 1. The van der Waals surface area contributed by atoms with Gasteiger partial charge in [0.25, 0.3) is 0 Å². The number of rotatable bonds is 4. The molecule has 0 spiro atoms. The van der Waals surface area contributed by atoms with Crippen molar-refractivity contribution in [2.45, 2.75) is 11.7 Å². The number of imide groups is 1. The average Bonchev–Trinajstić information content (AvgIpc) is 2.73. The second kappa shape index (κ2) is 6.89. The highest BCUT2D eigenvalue weighted by atomic mass is 35.5. The van der Waals surface area contributed by atoms with Crippen LogP contribution in [0.15, 0.2) is 18.2 Å². The van der Waals surface area contributed by atoms with Crippen LogP contribution in [0, 0.1) is 5.92 Å². The Labute approximate surface area is 141 Å². The lowest BCUT2D eigenvalue weighted by molar-refractivity contribution is -0.142. The molecule has 22 heavy (non-hydrogen) atoms. The van der Waals surface area contributed by atoms with E-state index in [-0.39, 0.29) is 6.42 Å². The third-order valence-corrected chi connectivity index (χ3v) is 4.81. The van der Waals surface area contributed by atoms with E-state index in [1.165, 1.54) is 37.1 Å². The van der Waals surface area contributed by atoms with Gasteiger partial charge in [-0.3, -0.25) is 19.3 Å². The van der Waals surface area contributed by atoms with E-state index in [1.54, 1.807) is 6.26 Å². The van der Waals surface area contributed by atoms with Crippen molar-refractivity contribution < 1.29 is 19.1 Å².